The monoisotopic (exact) mass is 199 g/mol. The molecular weight excluding hydrogens is 186 g/mol. The van der Waals surface area contributed by atoms with Gasteiger partial charge in [-0.05, 0) is 17.7 Å². The lowest BCUT2D eigenvalue weighted by Gasteiger charge is -2.02. The van der Waals surface area contributed by atoms with Gasteiger partial charge in [-0.3, -0.25) is 0 Å². The molecular formula is C12H13N3. The summed E-state index contributed by atoms with van der Waals surface area (Å²) in [7, 11) is 0. The first-order valence-electron chi connectivity index (χ1n) is 4.85. The predicted molar refractivity (Wildman–Crippen MR) is 61.7 cm³/mol. The van der Waals surface area contributed by atoms with Crippen molar-refractivity contribution in [1.82, 2.24) is 9.55 Å². The summed E-state index contributed by atoms with van der Waals surface area (Å²) in [5.41, 5.74) is 7.66. The van der Waals surface area contributed by atoms with Crippen LogP contribution in [0.15, 0.2) is 49.1 Å². The third-order valence-corrected chi connectivity index (χ3v) is 2.12. The van der Waals surface area contributed by atoms with Crippen LogP contribution in [0, 0.1) is 0 Å². The third-order valence-electron chi connectivity index (χ3n) is 2.12. The maximum absolute atomic E-state index is 5.41. The lowest BCUT2D eigenvalue weighted by atomic mass is 10.2. The van der Waals surface area contributed by atoms with Crippen molar-refractivity contribution in [2.45, 2.75) is 0 Å². The largest absolute Gasteiger partial charge is 0.327 e. The van der Waals surface area contributed by atoms with Gasteiger partial charge in [-0.15, -0.1) is 0 Å². The van der Waals surface area contributed by atoms with E-state index in [-0.39, 0.29) is 0 Å². The highest BCUT2D eigenvalue weighted by Crippen LogP contribution is 2.11. The van der Waals surface area contributed by atoms with Crippen LogP contribution in [-0.2, 0) is 0 Å². The van der Waals surface area contributed by atoms with E-state index in [0.717, 1.165) is 11.3 Å². The second kappa shape index (κ2) is 4.57. The van der Waals surface area contributed by atoms with Crippen molar-refractivity contribution in [2.24, 2.45) is 5.73 Å². The zero-order valence-electron chi connectivity index (χ0n) is 8.38. The van der Waals surface area contributed by atoms with Crippen LogP contribution in [0.1, 0.15) is 5.56 Å². The fourth-order valence-corrected chi connectivity index (χ4v) is 1.41. The lowest BCUT2D eigenvalue weighted by Crippen LogP contribution is -1.92. The van der Waals surface area contributed by atoms with Crippen molar-refractivity contribution < 1.29 is 0 Å². The molecule has 2 N–H and O–H groups in total. The number of benzene rings is 1. The molecule has 0 bridgehead atoms. The molecule has 2 aromatic rings. The number of nitrogens with two attached hydrogens (primary N) is 1. The lowest BCUT2D eigenvalue weighted by molar-refractivity contribution is 1.06. The molecule has 0 fully saturated rings. The molecule has 0 aliphatic rings. The van der Waals surface area contributed by atoms with Crippen molar-refractivity contribution in [2.75, 3.05) is 6.54 Å². The second-order valence-corrected chi connectivity index (χ2v) is 3.20. The average molecular weight is 199 g/mol. The van der Waals surface area contributed by atoms with Crippen LogP contribution < -0.4 is 5.73 Å². The van der Waals surface area contributed by atoms with E-state index in [9.17, 15) is 0 Å². The van der Waals surface area contributed by atoms with E-state index in [1.807, 2.05) is 41.1 Å². The zero-order chi connectivity index (χ0) is 10.5. The molecule has 0 aliphatic heterocycles. The summed E-state index contributed by atoms with van der Waals surface area (Å²) in [5.74, 6) is 0. The number of hydrogen-bond acceptors (Lipinski definition) is 2. The zero-order valence-corrected chi connectivity index (χ0v) is 8.38. The molecule has 0 aliphatic carbocycles. The summed E-state index contributed by atoms with van der Waals surface area (Å²) < 4.78 is 1.97. The first-order valence-corrected chi connectivity index (χ1v) is 4.85. The highest BCUT2D eigenvalue weighted by atomic mass is 15.0. The molecule has 0 saturated heterocycles. The van der Waals surface area contributed by atoms with Crippen LogP contribution in [0.3, 0.4) is 0 Å². The first-order chi connectivity index (χ1) is 7.40. The van der Waals surface area contributed by atoms with Crippen molar-refractivity contribution in [3.63, 3.8) is 0 Å². The van der Waals surface area contributed by atoms with E-state index in [1.165, 1.54) is 0 Å². The van der Waals surface area contributed by atoms with Crippen LogP contribution >= 0.6 is 0 Å². The van der Waals surface area contributed by atoms with E-state index >= 15 is 0 Å². The Kier molecular flexibility index (Phi) is 2.95. The van der Waals surface area contributed by atoms with Crippen LogP contribution in [-0.4, -0.2) is 16.1 Å². The van der Waals surface area contributed by atoms with E-state index in [4.69, 9.17) is 5.73 Å². The minimum atomic E-state index is 0.565. The number of aromatic nitrogens is 2. The van der Waals surface area contributed by atoms with Crippen molar-refractivity contribution in [3.05, 3.63) is 54.6 Å². The Labute approximate surface area is 88.9 Å². The standard InChI is InChI=1S/C12H13N3/c13-6-2-4-11-3-1-5-12(9-11)15-8-7-14-10-15/h1-5,7-10H,6,13H2/b4-2+. The Morgan fingerprint density at radius 2 is 2.33 bits per heavy atom. The van der Waals surface area contributed by atoms with E-state index < -0.39 is 0 Å². The summed E-state index contributed by atoms with van der Waals surface area (Å²) in [6, 6.07) is 8.20. The average Bonchev–Trinajstić information content (AvgIpc) is 2.80. The van der Waals surface area contributed by atoms with Crippen molar-refractivity contribution >= 4 is 6.08 Å². The fraction of sp³-hybridized carbons (Fsp3) is 0.0833. The molecule has 1 aromatic heterocycles. The molecule has 0 unspecified atom stereocenters. The van der Waals surface area contributed by atoms with Gasteiger partial charge in [-0.2, -0.15) is 0 Å². The Morgan fingerprint density at radius 1 is 1.40 bits per heavy atom. The summed E-state index contributed by atoms with van der Waals surface area (Å²) in [6.07, 6.45) is 9.42. The van der Waals surface area contributed by atoms with Crippen LogP contribution in [0.5, 0.6) is 0 Å². The van der Waals surface area contributed by atoms with Gasteiger partial charge in [0.1, 0.15) is 0 Å². The fourth-order valence-electron chi connectivity index (χ4n) is 1.41. The van der Waals surface area contributed by atoms with Gasteiger partial charge >= 0.3 is 0 Å². The molecule has 2 rings (SSSR count). The van der Waals surface area contributed by atoms with Gasteiger partial charge in [0.2, 0.25) is 0 Å². The Hall–Kier alpha value is -1.87. The minimum Gasteiger partial charge on any atom is -0.327 e. The molecule has 1 aromatic carbocycles. The molecule has 0 saturated carbocycles. The number of imidazole rings is 1. The van der Waals surface area contributed by atoms with Gasteiger partial charge in [0.05, 0.1) is 6.33 Å². The highest BCUT2D eigenvalue weighted by molar-refractivity contribution is 5.53. The topological polar surface area (TPSA) is 43.8 Å². The second-order valence-electron chi connectivity index (χ2n) is 3.20. The minimum absolute atomic E-state index is 0.565. The Bertz CT molecular complexity index is 444. The maximum Gasteiger partial charge on any atom is 0.0991 e. The smallest absolute Gasteiger partial charge is 0.0991 e. The molecule has 1 heterocycles. The summed E-state index contributed by atoms with van der Waals surface area (Å²) in [5, 5.41) is 0. The van der Waals surface area contributed by atoms with E-state index in [1.54, 1.807) is 12.5 Å². The van der Waals surface area contributed by atoms with Gasteiger partial charge in [0.25, 0.3) is 0 Å². The van der Waals surface area contributed by atoms with Gasteiger partial charge in [-0.1, -0.05) is 24.3 Å². The summed E-state index contributed by atoms with van der Waals surface area (Å²) in [4.78, 5) is 4.02. The third kappa shape index (κ3) is 2.33. The molecule has 76 valence electrons. The molecule has 3 nitrogen and oxygen atoms in total. The van der Waals surface area contributed by atoms with Crippen LogP contribution in [0.25, 0.3) is 11.8 Å². The molecule has 0 amide bonds. The first kappa shape index (κ1) is 9.68. The van der Waals surface area contributed by atoms with Gasteiger partial charge in [0.15, 0.2) is 0 Å². The van der Waals surface area contributed by atoms with Crippen molar-refractivity contribution in [1.29, 1.82) is 0 Å². The van der Waals surface area contributed by atoms with Crippen LogP contribution in [0.2, 0.25) is 0 Å². The molecule has 0 radical (unpaired) electrons. The summed E-state index contributed by atoms with van der Waals surface area (Å²) in [6.45, 7) is 0.565. The van der Waals surface area contributed by atoms with Crippen molar-refractivity contribution in [3.8, 4) is 5.69 Å². The Balaban J connectivity index is 2.31. The van der Waals surface area contributed by atoms with Gasteiger partial charge < -0.3 is 10.3 Å². The number of rotatable bonds is 3. The van der Waals surface area contributed by atoms with Gasteiger partial charge in [-0.25, -0.2) is 4.98 Å². The summed E-state index contributed by atoms with van der Waals surface area (Å²) >= 11 is 0. The molecule has 0 atom stereocenters. The number of hydrogen-bond donors (Lipinski definition) is 1. The normalized spacial score (nSPS) is 11.0. The maximum atomic E-state index is 5.41. The quantitative estimate of drug-likeness (QED) is 0.819. The predicted octanol–water partition coefficient (Wildman–Crippen LogP) is 1.84. The van der Waals surface area contributed by atoms with Gasteiger partial charge in [0, 0.05) is 24.6 Å². The highest BCUT2D eigenvalue weighted by Gasteiger charge is 1.94. The SMILES string of the molecule is NC/C=C/c1cccc(-n2ccnc2)c1. The molecule has 15 heavy (non-hydrogen) atoms. The van der Waals surface area contributed by atoms with Crippen LogP contribution in [0.4, 0.5) is 0 Å². The van der Waals surface area contributed by atoms with E-state index in [0.29, 0.717) is 6.54 Å². The molecule has 3 heteroatoms. The number of nitrogens with zero attached hydrogens (tertiary/aromatic N) is 2. The molecule has 0 spiro atoms. The Morgan fingerprint density at radius 3 is 3.07 bits per heavy atom. The van der Waals surface area contributed by atoms with E-state index in [2.05, 4.69) is 11.1 Å².